The number of carbonyl (C=O) groups excluding carboxylic acids is 1. The SMILES string of the molecule is C=C(C)N1CCN(C(=O)[C@H]2CN(C3CCC3)CCN2)CC1. The first-order chi connectivity index (χ1) is 10.1. The molecule has 1 saturated carbocycles. The number of nitrogens with zero attached hydrogens (tertiary/aromatic N) is 3. The molecule has 21 heavy (non-hydrogen) atoms. The zero-order valence-electron chi connectivity index (χ0n) is 13.2. The number of hydrogen-bond acceptors (Lipinski definition) is 4. The molecule has 2 saturated heterocycles. The van der Waals surface area contributed by atoms with Crippen LogP contribution in [0.25, 0.3) is 0 Å². The van der Waals surface area contributed by atoms with E-state index in [1.807, 2.05) is 11.8 Å². The Bertz CT molecular complexity index is 399. The summed E-state index contributed by atoms with van der Waals surface area (Å²) in [6.45, 7) is 12.4. The average Bonchev–Trinajstić information content (AvgIpc) is 2.45. The molecule has 1 aliphatic carbocycles. The summed E-state index contributed by atoms with van der Waals surface area (Å²) in [7, 11) is 0. The Hall–Kier alpha value is -1.07. The molecule has 3 fully saturated rings. The van der Waals surface area contributed by atoms with Crippen LogP contribution < -0.4 is 5.32 Å². The Labute approximate surface area is 127 Å². The Morgan fingerprint density at radius 1 is 1.10 bits per heavy atom. The number of rotatable bonds is 3. The highest BCUT2D eigenvalue weighted by Gasteiger charge is 2.34. The topological polar surface area (TPSA) is 38.8 Å². The molecule has 118 valence electrons. The second-order valence-corrected chi connectivity index (χ2v) is 6.63. The smallest absolute Gasteiger partial charge is 0.241 e. The van der Waals surface area contributed by atoms with Gasteiger partial charge >= 0.3 is 0 Å². The molecule has 2 aliphatic heterocycles. The van der Waals surface area contributed by atoms with Crippen LogP contribution in [-0.2, 0) is 4.79 Å². The summed E-state index contributed by atoms with van der Waals surface area (Å²) in [5, 5.41) is 3.42. The number of allylic oxidation sites excluding steroid dienone is 1. The molecule has 1 amide bonds. The molecular weight excluding hydrogens is 264 g/mol. The van der Waals surface area contributed by atoms with Crippen LogP contribution in [0.1, 0.15) is 26.2 Å². The second kappa shape index (κ2) is 6.36. The number of hydrogen-bond donors (Lipinski definition) is 1. The van der Waals surface area contributed by atoms with Gasteiger partial charge in [0.05, 0.1) is 6.04 Å². The number of carbonyl (C=O) groups is 1. The molecule has 3 rings (SSSR count). The highest BCUT2D eigenvalue weighted by atomic mass is 16.2. The largest absolute Gasteiger partial charge is 0.372 e. The molecule has 5 heteroatoms. The van der Waals surface area contributed by atoms with Gasteiger partial charge in [-0.15, -0.1) is 0 Å². The summed E-state index contributed by atoms with van der Waals surface area (Å²) in [4.78, 5) is 19.5. The van der Waals surface area contributed by atoms with E-state index in [1.165, 1.54) is 19.3 Å². The fourth-order valence-corrected chi connectivity index (χ4v) is 3.55. The molecule has 5 nitrogen and oxygen atoms in total. The van der Waals surface area contributed by atoms with Gasteiger partial charge in [0, 0.05) is 57.6 Å². The molecule has 1 N–H and O–H groups in total. The van der Waals surface area contributed by atoms with E-state index in [2.05, 4.69) is 21.7 Å². The monoisotopic (exact) mass is 292 g/mol. The van der Waals surface area contributed by atoms with Gasteiger partial charge in [0.2, 0.25) is 5.91 Å². The first-order valence-corrected chi connectivity index (χ1v) is 8.32. The van der Waals surface area contributed by atoms with Gasteiger partial charge in [-0.3, -0.25) is 9.69 Å². The highest BCUT2D eigenvalue weighted by Crippen LogP contribution is 2.25. The van der Waals surface area contributed by atoms with E-state index >= 15 is 0 Å². The lowest BCUT2D eigenvalue weighted by Gasteiger charge is -2.44. The standard InChI is InChI=1S/C16H28N4O/c1-13(2)18-8-10-19(11-9-18)16(21)15-12-20(7-6-17-15)14-4-3-5-14/h14-15,17H,1,3-12H2,2H3/t15-/m1/s1. The summed E-state index contributed by atoms with van der Waals surface area (Å²) in [5.41, 5.74) is 1.11. The Morgan fingerprint density at radius 3 is 2.33 bits per heavy atom. The summed E-state index contributed by atoms with van der Waals surface area (Å²) < 4.78 is 0. The first kappa shape index (κ1) is 14.9. The van der Waals surface area contributed by atoms with E-state index in [-0.39, 0.29) is 6.04 Å². The van der Waals surface area contributed by atoms with Crippen molar-refractivity contribution in [1.29, 1.82) is 0 Å². The van der Waals surface area contributed by atoms with Gasteiger partial charge in [-0.2, -0.15) is 0 Å². The predicted octanol–water partition coefficient (Wildman–Crippen LogP) is 0.491. The minimum Gasteiger partial charge on any atom is -0.372 e. The lowest BCUT2D eigenvalue weighted by molar-refractivity contribution is -0.136. The Balaban J connectivity index is 1.51. The maximum atomic E-state index is 12.7. The molecule has 3 aliphatic rings. The van der Waals surface area contributed by atoms with Crippen LogP contribution in [0.5, 0.6) is 0 Å². The maximum absolute atomic E-state index is 12.7. The molecule has 2 heterocycles. The van der Waals surface area contributed by atoms with E-state index in [0.717, 1.165) is 57.6 Å². The zero-order valence-corrected chi connectivity index (χ0v) is 13.2. The van der Waals surface area contributed by atoms with Crippen LogP contribution in [0, 0.1) is 0 Å². The Morgan fingerprint density at radius 2 is 1.76 bits per heavy atom. The average molecular weight is 292 g/mol. The van der Waals surface area contributed by atoms with Crippen molar-refractivity contribution in [3.8, 4) is 0 Å². The third kappa shape index (κ3) is 3.24. The Kier molecular flexibility index (Phi) is 4.50. The van der Waals surface area contributed by atoms with E-state index in [4.69, 9.17) is 0 Å². The fraction of sp³-hybridized carbons (Fsp3) is 0.812. The van der Waals surface area contributed by atoms with Crippen LogP contribution in [0.4, 0.5) is 0 Å². The van der Waals surface area contributed by atoms with Gasteiger partial charge in [-0.05, 0) is 19.8 Å². The third-order valence-electron chi connectivity index (χ3n) is 5.23. The number of nitrogens with one attached hydrogen (secondary N) is 1. The van der Waals surface area contributed by atoms with Gasteiger partial charge in [0.25, 0.3) is 0 Å². The molecule has 0 aromatic heterocycles. The van der Waals surface area contributed by atoms with E-state index < -0.39 is 0 Å². The van der Waals surface area contributed by atoms with Crippen molar-refractivity contribution >= 4 is 5.91 Å². The predicted molar refractivity (Wildman–Crippen MR) is 84.0 cm³/mol. The highest BCUT2D eigenvalue weighted by molar-refractivity contribution is 5.82. The van der Waals surface area contributed by atoms with E-state index in [9.17, 15) is 4.79 Å². The fourth-order valence-electron chi connectivity index (χ4n) is 3.55. The van der Waals surface area contributed by atoms with E-state index in [1.54, 1.807) is 0 Å². The van der Waals surface area contributed by atoms with Crippen LogP contribution >= 0.6 is 0 Å². The van der Waals surface area contributed by atoms with Gasteiger partial charge in [0.1, 0.15) is 0 Å². The van der Waals surface area contributed by atoms with Crippen molar-refractivity contribution < 1.29 is 4.79 Å². The van der Waals surface area contributed by atoms with Crippen molar-refractivity contribution in [1.82, 2.24) is 20.0 Å². The van der Waals surface area contributed by atoms with Crippen molar-refractivity contribution in [2.75, 3.05) is 45.8 Å². The second-order valence-electron chi connectivity index (χ2n) is 6.63. The van der Waals surface area contributed by atoms with Crippen LogP contribution in [0.2, 0.25) is 0 Å². The van der Waals surface area contributed by atoms with Crippen molar-refractivity contribution in [3.05, 3.63) is 12.3 Å². The summed E-state index contributed by atoms with van der Waals surface area (Å²) >= 11 is 0. The molecule has 0 bridgehead atoms. The van der Waals surface area contributed by atoms with E-state index in [0.29, 0.717) is 5.91 Å². The molecule has 0 radical (unpaired) electrons. The van der Waals surface area contributed by atoms with Crippen molar-refractivity contribution in [2.45, 2.75) is 38.3 Å². The first-order valence-electron chi connectivity index (χ1n) is 8.32. The lowest BCUT2D eigenvalue weighted by Crippen LogP contribution is -2.62. The van der Waals surface area contributed by atoms with Crippen LogP contribution in [0.15, 0.2) is 12.3 Å². The minimum atomic E-state index is -0.00396. The molecule has 0 unspecified atom stereocenters. The lowest BCUT2D eigenvalue weighted by atomic mass is 9.90. The summed E-state index contributed by atoms with van der Waals surface area (Å²) in [5.74, 6) is 0.292. The summed E-state index contributed by atoms with van der Waals surface area (Å²) in [6.07, 6.45) is 3.99. The van der Waals surface area contributed by atoms with Crippen molar-refractivity contribution in [2.24, 2.45) is 0 Å². The normalized spacial score (nSPS) is 28.3. The van der Waals surface area contributed by atoms with Crippen molar-refractivity contribution in [3.63, 3.8) is 0 Å². The quantitative estimate of drug-likeness (QED) is 0.822. The van der Waals surface area contributed by atoms with Crippen LogP contribution in [-0.4, -0.2) is 78.5 Å². The molecule has 0 spiro atoms. The van der Waals surface area contributed by atoms with Crippen LogP contribution in [0.3, 0.4) is 0 Å². The maximum Gasteiger partial charge on any atom is 0.241 e. The molecule has 0 aromatic rings. The summed E-state index contributed by atoms with van der Waals surface area (Å²) in [6, 6.07) is 0.735. The minimum absolute atomic E-state index is 0.00396. The zero-order chi connectivity index (χ0) is 14.8. The number of piperazine rings is 2. The molecule has 0 aromatic carbocycles. The molecule has 1 atom stereocenters. The third-order valence-corrected chi connectivity index (χ3v) is 5.23. The molecular formula is C16H28N4O. The number of amides is 1. The van der Waals surface area contributed by atoms with Gasteiger partial charge < -0.3 is 15.1 Å². The van der Waals surface area contributed by atoms with Gasteiger partial charge in [-0.25, -0.2) is 0 Å². The van der Waals surface area contributed by atoms with Gasteiger partial charge in [0.15, 0.2) is 0 Å². The van der Waals surface area contributed by atoms with Gasteiger partial charge in [-0.1, -0.05) is 13.0 Å².